The van der Waals surface area contributed by atoms with Crippen molar-refractivity contribution in [2.75, 3.05) is 38.1 Å². The summed E-state index contributed by atoms with van der Waals surface area (Å²) >= 11 is 0. The molecule has 0 aliphatic carbocycles. The maximum absolute atomic E-state index is 4.31. The van der Waals surface area contributed by atoms with E-state index in [-0.39, 0.29) is 0 Å². The summed E-state index contributed by atoms with van der Waals surface area (Å²) in [7, 11) is 2.18. The Balaban J connectivity index is 0.000000686. The highest BCUT2D eigenvalue weighted by Crippen LogP contribution is 2.20. The summed E-state index contributed by atoms with van der Waals surface area (Å²) in [4.78, 5) is 9.15. The Morgan fingerprint density at radius 3 is 2.24 bits per heavy atom. The first-order valence-electron chi connectivity index (χ1n) is 6.53. The topological polar surface area (TPSA) is 19.4 Å². The third-order valence-corrected chi connectivity index (χ3v) is 3.06. The van der Waals surface area contributed by atoms with Crippen molar-refractivity contribution in [2.45, 2.75) is 27.7 Å². The molecule has 0 spiro atoms. The zero-order valence-electron chi connectivity index (χ0n) is 11.8. The second kappa shape index (κ2) is 6.60. The predicted molar refractivity (Wildman–Crippen MR) is 74.8 cm³/mol. The summed E-state index contributed by atoms with van der Waals surface area (Å²) in [5, 5.41) is 0. The molecule has 1 aromatic rings. The molecular weight excluding hydrogens is 210 g/mol. The van der Waals surface area contributed by atoms with Gasteiger partial charge >= 0.3 is 0 Å². The quantitative estimate of drug-likeness (QED) is 0.745. The number of hydrogen-bond acceptors (Lipinski definition) is 3. The predicted octanol–water partition coefficient (Wildman–Crippen LogP) is 2.48. The number of rotatable bonds is 1. The van der Waals surface area contributed by atoms with Crippen LogP contribution in [0.5, 0.6) is 0 Å². The first kappa shape index (κ1) is 14.0. The minimum absolute atomic E-state index is 1.11. The van der Waals surface area contributed by atoms with Gasteiger partial charge in [-0.1, -0.05) is 13.8 Å². The molecule has 3 nitrogen and oxygen atoms in total. The Morgan fingerprint density at radius 1 is 1.06 bits per heavy atom. The third-order valence-electron chi connectivity index (χ3n) is 3.06. The number of aryl methyl sites for hydroxylation is 2. The largest absolute Gasteiger partial charge is 0.369 e. The number of piperazine rings is 1. The zero-order chi connectivity index (χ0) is 12.8. The molecule has 0 N–H and O–H groups in total. The van der Waals surface area contributed by atoms with Crippen LogP contribution in [0.4, 0.5) is 5.69 Å². The molecule has 1 aliphatic rings. The van der Waals surface area contributed by atoms with Gasteiger partial charge in [-0.05, 0) is 32.5 Å². The summed E-state index contributed by atoms with van der Waals surface area (Å²) in [6.07, 6.45) is 1.98. The van der Waals surface area contributed by atoms with Gasteiger partial charge in [0.05, 0.1) is 0 Å². The van der Waals surface area contributed by atoms with E-state index in [1.54, 1.807) is 0 Å². The van der Waals surface area contributed by atoms with E-state index in [0.29, 0.717) is 0 Å². The normalized spacial score (nSPS) is 16.4. The van der Waals surface area contributed by atoms with E-state index in [0.717, 1.165) is 31.9 Å². The number of hydrogen-bond donors (Lipinski definition) is 0. The number of anilines is 1. The van der Waals surface area contributed by atoms with Crippen LogP contribution in [0.1, 0.15) is 25.1 Å². The van der Waals surface area contributed by atoms with Crippen molar-refractivity contribution in [1.29, 1.82) is 0 Å². The maximum Gasteiger partial charge on any atom is 0.0430 e. The molecule has 17 heavy (non-hydrogen) atoms. The van der Waals surface area contributed by atoms with Crippen LogP contribution in [0.25, 0.3) is 0 Å². The van der Waals surface area contributed by atoms with Gasteiger partial charge in [0, 0.05) is 43.8 Å². The lowest BCUT2D eigenvalue weighted by atomic mass is 10.2. The van der Waals surface area contributed by atoms with Gasteiger partial charge in [0.2, 0.25) is 0 Å². The molecule has 0 atom stereocenters. The van der Waals surface area contributed by atoms with E-state index in [4.69, 9.17) is 0 Å². The van der Waals surface area contributed by atoms with Gasteiger partial charge in [0.25, 0.3) is 0 Å². The third kappa shape index (κ3) is 3.70. The second-order valence-corrected chi connectivity index (χ2v) is 4.40. The Morgan fingerprint density at radius 2 is 1.65 bits per heavy atom. The Labute approximate surface area is 105 Å². The lowest BCUT2D eigenvalue weighted by Crippen LogP contribution is -2.44. The van der Waals surface area contributed by atoms with Crippen molar-refractivity contribution < 1.29 is 0 Å². The molecule has 0 aromatic carbocycles. The Bertz CT molecular complexity index is 341. The molecule has 0 radical (unpaired) electrons. The molecule has 1 fully saturated rings. The Kier molecular flexibility index (Phi) is 5.42. The minimum Gasteiger partial charge on any atom is -0.369 e. The van der Waals surface area contributed by atoms with E-state index < -0.39 is 0 Å². The standard InChI is InChI=1S/C12H19N3.C2H6/c1-10-9-13-11(2)8-12(10)15-6-4-14(3)5-7-15;1-2/h8-9H,4-7H2,1-3H3;1-2H3. The van der Waals surface area contributed by atoms with Crippen LogP contribution in [0.2, 0.25) is 0 Å². The summed E-state index contributed by atoms with van der Waals surface area (Å²) in [6, 6.07) is 2.20. The lowest BCUT2D eigenvalue weighted by Gasteiger charge is -2.34. The van der Waals surface area contributed by atoms with Crippen molar-refractivity contribution in [3.05, 3.63) is 23.5 Å². The van der Waals surface area contributed by atoms with Gasteiger partial charge in [0.15, 0.2) is 0 Å². The van der Waals surface area contributed by atoms with Crippen LogP contribution in [-0.4, -0.2) is 43.1 Å². The van der Waals surface area contributed by atoms with Crippen molar-refractivity contribution in [3.8, 4) is 0 Å². The second-order valence-electron chi connectivity index (χ2n) is 4.40. The van der Waals surface area contributed by atoms with Crippen LogP contribution in [0.3, 0.4) is 0 Å². The van der Waals surface area contributed by atoms with Crippen molar-refractivity contribution >= 4 is 5.69 Å². The summed E-state index contributed by atoms with van der Waals surface area (Å²) < 4.78 is 0. The number of likely N-dealkylation sites (N-methyl/N-ethyl adjacent to an activating group) is 1. The average molecular weight is 235 g/mol. The van der Waals surface area contributed by atoms with Gasteiger partial charge in [-0.3, -0.25) is 4.98 Å². The maximum atomic E-state index is 4.31. The molecule has 2 heterocycles. The summed E-state index contributed by atoms with van der Waals surface area (Å²) in [6.45, 7) is 12.8. The summed E-state index contributed by atoms with van der Waals surface area (Å²) in [5.41, 5.74) is 3.75. The molecule has 0 amide bonds. The molecule has 1 aromatic heterocycles. The van der Waals surface area contributed by atoms with Gasteiger partial charge in [-0.15, -0.1) is 0 Å². The minimum atomic E-state index is 1.11. The molecule has 0 bridgehead atoms. The van der Waals surface area contributed by atoms with E-state index in [9.17, 15) is 0 Å². The zero-order valence-corrected chi connectivity index (χ0v) is 11.8. The smallest absolute Gasteiger partial charge is 0.0430 e. The van der Waals surface area contributed by atoms with Crippen molar-refractivity contribution in [2.24, 2.45) is 0 Å². The fourth-order valence-corrected chi connectivity index (χ4v) is 2.00. The molecule has 96 valence electrons. The van der Waals surface area contributed by atoms with E-state index >= 15 is 0 Å². The molecule has 2 rings (SSSR count). The van der Waals surface area contributed by atoms with Crippen molar-refractivity contribution in [3.63, 3.8) is 0 Å². The van der Waals surface area contributed by atoms with Crippen LogP contribution < -0.4 is 4.90 Å². The number of pyridine rings is 1. The first-order valence-corrected chi connectivity index (χ1v) is 6.53. The SMILES string of the molecule is CC.Cc1cc(N2CCN(C)CC2)c(C)cn1. The highest BCUT2D eigenvalue weighted by atomic mass is 15.2. The number of nitrogens with zero attached hydrogens (tertiary/aromatic N) is 3. The van der Waals surface area contributed by atoms with Crippen LogP contribution in [0.15, 0.2) is 12.3 Å². The summed E-state index contributed by atoms with van der Waals surface area (Å²) in [5.74, 6) is 0. The molecule has 0 saturated carbocycles. The van der Waals surface area contributed by atoms with Gasteiger partial charge in [-0.25, -0.2) is 0 Å². The van der Waals surface area contributed by atoms with Crippen LogP contribution in [-0.2, 0) is 0 Å². The lowest BCUT2D eigenvalue weighted by molar-refractivity contribution is 0.312. The van der Waals surface area contributed by atoms with Gasteiger partial charge in [0.1, 0.15) is 0 Å². The fourth-order valence-electron chi connectivity index (χ4n) is 2.00. The highest BCUT2D eigenvalue weighted by Gasteiger charge is 2.15. The Hall–Kier alpha value is -1.09. The van der Waals surface area contributed by atoms with Crippen LogP contribution >= 0.6 is 0 Å². The number of aromatic nitrogens is 1. The molecular formula is C14H25N3. The molecule has 1 aliphatic heterocycles. The first-order chi connectivity index (χ1) is 8.16. The monoisotopic (exact) mass is 235 g/mol. The van der Waals surface area contributed by atoms with Gasteiger partial charge in [-0.2, -0.15) is 0 Å². The van der Waals surface area contributed by atoms with E-state index in [1.807, 2.05) is 20.0 Å². The van der Waals surface area contributed by atoms with Gasteiger partial charge < -0.3 is 9.80 Å². The molecule has 3 heteroatoms. The van der Waals surface area contributed by atoms with Crippen molar-refractivity contribution in [1.82, 2.24) is 9.88 Å². The fraction of sp³-hybridized carbons (Fsp3) is 0.643. The van der Waals surface area contributed by atoms with E-state index in [2.05, 4.69) is 41.7 Å². The highest BCUT2D eigenvalue weighted by molar-refractivity contribution is 5.53. The average Bonchev–Trinajstić information content (AvgIpc) is 2.36. The van der Waals surface area contributed by atoms with Crippen LogP contribution in [0, 0.1) is 13.8 Å². The molecule has 0 unspecified atom stereocenters. The molecule has 1 saturated heterocycles. The van der Waals surface area contributed by atoms with E-state index in [1.165, 1.54) is 11.3 Å².